The summed E-state index contributed by atoms with van der Waals surface area (Å²) in [5.74, 6) is -1.74. The molecule has 0 bridgehead atoms. The van der Waals surface area contributed by atoms with Crippen LogP contribution in [-0.4, -0.2) is 31.9 Å². The Hall–Kier alpha value is -1.05. The second-order valence-electron chi connectivity index (χ2n) is 3.99. The van der Waals surface area contributed by atoms with Gasteiger partial charge in [-0.05, 0) is 24.6 Å². The van der Waals surface area contributed by atoms with E-state index in [4.69, 9.17) is 5.73 Å². The Morgan fingerprint density at radius 1 is 1.35 bits per heavy atom. The minimum atomic E-state index is -3.99. The highest BCUT2D eigenvalue weighted by molar-refractivity contribution is 7.89. The van der Waals surface area contributed by atoms with E-state index in [0.29, 0.717) is 12.5 Å². The number of hydrogen-bond acceptors (Lipinski definition) is 3. The zero-order valence-electron chi connectivity index (χ0n) is 8.94. The van der Waals surface area contributed by atoms with Gasteiger partial charge in [-0.25, -0.2) is 17.2 Å². The lowest BCUT2D eigenvalue weighted by Gasteiger charge is -2.16. The summed E-state index contributed by atoms with van der Waals surface area (Å²) >= 11 is 0. The van der Waals surface area contributed by atoms with Crippen LogP contribution in [0.5, 0.6) is 0 Å². The van der Waals surface area contributed by atoms with E-state index >= 15 is 0 Å². The zero-order chi connectivity index (χ0) is 12.6. The van der Waals surface area contributed by atoms with E-state index in [2.05, 4.69) is 0 Å². The highest BCUT2D eigenvalue weighted by Crippen LogP contribution is 2.23. The molecule has 0 amide bonds. The first-order valence-corrected chi connectivity index (χ1v) is 6.56. The molecule has 94 valence electrons. The van der Waals surface area contributed by atoms with Crippen molar-refractivity contribution >= 4 is 10.0 Å². The number of halogens is 2. The molecule has 1 atom stereocenters. The van der Waals surface area contributed by atoms with Gasteiger partial charge in [-0.3, -0.25) is 0 Å². The molecule has 1 fully saturated rings. The summed E-state index contributed by atoms with van der Waals surface area (Å²) in [6.07, 6.45) is 0.524. The number of sulfonamides is 1. The molecule has 1 aliphatic rings. The van der Waals surface area contributed by atoms with E-state index in [0.717, 1.165) is 16.4 Å². The van der Waals surface area contributed by atoms with E-state index < -0.39 is 26.6 Å². The van der Waals surface area contributed by atoms with Crippen molar-refractivity contribution in [1.82, 2.24) is 4.31 Å². The summed E-state index contributed by atoms with van der Waals surface area (Å²) in [5.41, 5.74) is 5.59. The lowest BCUT2D eigenvalue weighted by Crippen LogP contribution is -2.32. The van der Waals surface area contributed by atoms with Crippen LogP contribution in [0.4, 0.5) is 8.78 Å². The van der Waals surface area contributed by atoms with Crippen LogP contribution in [0.1, 0.15) is 6.42 Å². The van der Waals surface area contributed by atoms with Crippen molar-refractivity contribution < 1.29 is 17.2 Å². The molecule has 1 aliphatic heterocycles. The highest BCUT2D eigenvalue weighted by atomic mass is 32.2. The fourth-order valence-electron chi connectivity index (χ4n) is 1.79. The number of hydrogen-bond donors (Lipinski definition) is 1. The van der Waals surface area contributed by atoms with Crippen molar-refractivity contribution in [2.75, 3.05) is 13.1 Å². The van der Waals surface area contributed by atoms with Gasteiger partial charge in [0.2, 0.25) is 10.0 Å². The fraction of sp³-hybridized carbons (Fsp3) is 0.400. The summed E-state index contributed by atoms with van der Waals surface area (Å²) in [6.45, 7) is 0.373. The summed E-state index contributed by atoms with van der Waals surface area (Å²) in [7, 11) is -3.99. The maximum Gasteiger partial charge on any atom is 0.246 e. The number of rotatable bonds is 2. The van der Waals surface area contributed by atoms with Crippen LogP contribution < -0.4 is 5.73 Å². The third-order valence-corrected chi connectivity index (χ3v) is 4.58. The second-order valence-corrected chi connectivity index (χ2v) is 5.89. The second kappa shape index (κ2) is 4.32. The quantitative estimate of drug-likeness (QED) is 0.852. The topological polar surface area (TPSA) is 63.4 Å². The van der Waals surface area contributed by atoms with Crippen LogP contribution >= 0.6 is 0 Å². The van der Waals surface area contributed by atoms with Crippen LogP contribution in [0.3, 0.4) is 0 Å². The standard InChI is InChI=1S/C10H12F2N2O2S/c11-7-1-2-9(12)10(5-7)17(15,16)14-4-3-8(13)6-14/h1-2,5,8H,3-4,6,13H2. The average Bonchev–Trinajstić information content (AvgIpc) is 2.69. The van der Waals surface area contributed by atoms with Crippen LogP contribution in [0.2, 0.25) is 0 Å². The van der Waals surface area contributed by atoms with Gasteiger partial charge in [0.15, 0.2) is 0 Å². The van der Waals surface area contributed by atoms with Gasteiger partial charge in [0.25, 0.3) is 0 Å². The molecule has 1 aromatic rings. The first-order chi connectivity index (χ1) is 7.91. The van der Waals surface area contributed by atoms with Crippen molar-refractivity contribution in [3.8, 4) is 0 Å². The Labute approximate surface area is 98.1 Å². The lowest BCUT2D eigenvalue weighted by molar-refractivity contribution is 0.463. The van der Waals surface area contributed by atoms with Gasteiger partial charge in [-0.2, -0.15) is 4.31 Å². The summed E-state index contributed by atoms with van der Waals surface area (Å²) in [5, 5.41) is 0. The van der Waals surface area contributed by atoms with Gasteiger partial charge >= 0.3 is 0 Å². The fourth-order valence-corrected chi connectivity index (χ4v) is 3.37. The molecule has 0 saturated carbocycles. The van der Waals surface area contributed by atoms with E-state index in [9.17, 15) is 17.2 Å². The first kappa shape index (κ1) is 12.4. The van der Waals surface area contributed by atoms with Crippen molar-refractivity contribution in [3.63, 3.8) is 0 Å². The molecule has 1 aromatic carbocycles. The van der Waals surface area contributed by atoms with Gasteiger partial charge in [0.1, 0.15) is 16.5 Å². The minimum Gasteiger partial charge on any atom is -0.326 e. The molecule has 0 aliphatic carbocycles. The molecule has 0 spiro atoms. The maximum atomic E-state index is 13.4. The number of benzene rings is 1. The van der Waals surface area contributed by atoms with E-state index in [1.54, 1.807) is 0 Å². The minimum absolute atomic E-state index is 0.137. The molecule has 4 nitrogen and oxygen atoms in total. The largest absolute Gasteiger partial charge is 0.326 e. The van der Waals surface area contributed by atoms with Crippen LogP contribution in [0.15, 0.2) is 23.1 Å². The van der Waals surface area contributed by atoms with E-state index in [1.165, 1.54) is 0 Å². The summed E-state index contributed by atoms with van der Waals surface area (Å²) < 4.78 is 51.5. The molecular weight excluding hydrogens is 250 g/mol. The predicted molar refractivity (Wildman–Crippen MR) is 57.7 cm³/mol. The Morgan fingerprint density at radius 3 is 2.65 bits per heavy atom. The van der Waals surface area contributed by atoms with Gasteiger partial charge in [-0.15, -0.1) is 0 Å². The summed E-state index contributed by atoms with van der Waals surface area (Å²) in [4.78, 5) is -0.633. The van der Waals surface area contributed by atoms with Crippen LogP contribution in [-0.2, 0) is 10.0 Å². The lowest BCUT2D eigenvalue weighted by atomic mass is 10.3. The van der Waals surface area contributed by atoms with Crippen LogP contribution in [0.25, 0.3) is 0 Å². The zero-order valence-corrected chi connectivity index (χ0v) is 9.75. The Balaban J connectivity index is 2.41. The van der Waals surface area contributed by atoms with Crippen molar-refractivity contribution in [1.29, 1.82) is 0 Å². The molecule has 2 N–H and O–H groups in total. The van der Waals surface area contributed by atoms with Crippen LogP contribution in [0, 0.1) is 11.6 Å². The molecule has 17 heavy (non-hydrogen) atoms. The average molecular weight is 262 g/mol. The molecule has 2 rings (SSSR count). The molecule has 1 saturated heterocycles. The third-order valence-electron chi connectivity index (χ3n) is 2.70. The van der Waals surface area contributed by atoms with E-state index in [1.807, 2.05) is 0 Å². The Kier molecular flexibility index (Phi) is 3.15. The Morgan fingerprint density at radius 2 is 2.06 bits per heavy atom. The monoisotopic (exact) mass is 262 g/mol. The molecule has 0 radical (unpaired) electrons. The number of nitrogens with zero attached hydrogens (tertiary/aromatic N) is 1. The molecule has 1 unspecified atom stereocenters. The predicted octanol–water partition coefficient (Wildman–Crippen LogP) is 0.686. The molecule has 0 aromatic heterocycles. The van der Waals surface area contributed by atoms with E-state index in [-0.39, 0.29) is 19.1 Å². The molecular formula is C10H12F2N2O2S. The Bertz CT molecular complexity index is 533. The maximum absolute atomic E-state index is 13.4. The van der Waals surface area contributed by atoms with Crippen molar-refractivity contribution in [2.24, 2.45) is 5.73 Å². The highest BCUT2D eigenvalue weighted by Gasteiger charge is 2.32. The first-order valence-electron chi connectivity index (χ1n) is 5.12. The van der Waals surface area contributed by atoms with Gasteiger partial charge < -0.3 is 5.73 Å². The number of nitrogens with two attached hydrogens (primary N) is 1. The van der Waals surface area contributed by atoms with Crippen molar-refractivity contribution in [3.05, 3.63) is 29.8 Å². The molecule has 1 heterocycles. The van der Waals surface area contributed by atoms with Gasteiger partial charge in [-0.1, -0.05) is 0 Å². The smallest absolute Gasteiger partial charge is 0.246 e. The van der Waals surface area contributed by atoms with Gasteiger partial charge in [0, 0.05) is 19.1 Å². The van der Waals surface area contributed by atoms with Gasteiger partial charge in [0.05, 0.1) is 0 Å². The molecule has 7 heteroatoms. The van der Waals surface area contributed by atoms with Crippen molar-refractivity contribution in [2.45, 2.75) is 17.4 Å². The normalized spacial score (nSPS) is 21.9. The summed E-state index contributed by atoms with van der Waals surface area (Å²) in [6, 6.07) is 2.12. The SMILES string of the molecule is NC1CCN(S(=O)(=O)c2cc(F)ccc2F)C1. The third kappa shape index (κ3) is 2.31.